The number of aromatic nitrogens is 3. The molecule has 1 atom stereocenters. The van der Waals surface area contributed by atoms with Crippen LogP contribution in [0, 0.1) is 12.7 Å². The van der Waals surface area contributed by atoms with Gasteiger partial charge in [-0.15, -0.1) is 16.7 Å². The zero-order chi connectivity index (χ0) is 12.4. The van der Waals surface area contributed by atoms with Crippen LogP contribution >= 0.6 is 11.6 Å². The number of rotatable bonds is 3. The summed E-state index contributed by atoms with van der Waals surface area (Å²) < 4.78 is 14.8. The van der Waals surface area contributed by atoms with E-state index in [1.54, 1.807) is 6.20 Å². The Morgan fingerprint density at radius 1 is 1.41 bits per heavy atom. The van der Waals surface area contributed by atoms with Crippen molar-refractivity contribution >= 4 is 11.6 Å². The third-order valence-electron chi connectivity index (χ3n) is 2.48. The molecule has 0 bridgehead atoms. The largest absolute Gasteiger partial charge is 0.220 e. The lowest BCUT2D eigenvalue weighted by molar-refractivity contribution is 0.623. The van der Waals surface area contributed by atoms with Crippen LogP contribution in [-0.2, 0) is 0 Å². The summed E-state index contributed by atoms with van der Waals surface area (Å²) >= 11 is 6.06. The summed E-state index contributed by atoms with van der Waals surface area (Å²) in [6.07, 6.45) is 2.51. The van der Waals surface area contributed by atoms with E-state index in [0.717, 1.165) is 12.0 Å². The van der Waals surface area contributed by atoms with Gasteiger partial charge in [0.15, 0.2) is 0 Å². The van der Waals surface area contributed by atoms with Crippen molar-refractivity contribution < 1.29 is 4.39 Å². The van der Waals surface area contributed by atoms with Gasteiger partial charge in [0.25, 0.3) is 0 Å². The minimum atomic E-state index is -0.282. The Kier molecular flexibility index (Phi) is 3.43. The molecule has 0 amide bonds. The first-order chi connectivity index (χ1) is 8.10. The van der Waals surface area contributed by atoms with Crippen LogP contribution in [0.15, 0.2) is 24.4 Å². The van der Waals surface area contributed by atoms with Crippen LogP contribution in [0.1, 0.15) is 30.0 Å². The maximum absolute atomic E-state index is 13.3. The molecule has 5 heteroatoms. The van der Waals surface area contributed by atoms with E-state index in [2.05, 4.69) is 10.3 Å². The molecular weight excluding hydrogens is 241 g/mol. The van der Waals surface area contributed by atoms with Gasteiger partial charge >= 0.3 is 0 Å². The number of benzene rings is 1. The van der Waals surface area contributed by atoms with Crippen molar-refractivity contribution in [1.82, 2.24) is 15.0 Å². The second-order valence-electron chi connectivity index (χ2n) is 3.95. The highest BCUT2D eigenvalue weighted by Crippen LogP contribution is 2.22. The molecule has 1 aromatic carbocycles. The van der Waals surface area contributed by atoms with Gasteiger partial charge in [0, 0.05) is 0 Å². The Balaban J connectivity index is 2.36. The highest BCUT2D eigenvalue weighted by molar-refractivity contribution is 6.20. The summed E-state index contributed by atoms with van der Waals surface area (Å²) in [6.45, 7) is 3.81. The zero-order valence-electron chi connectivity index (χ0n) is 9.69. The number of hydrogen-bond donors (Lipinski definition) is 0. The molecule has 0 aliphatic carbocycles. The summed E-state index contributed by atoms with van der Waals surface area (Å²) in [4.78, 5) is 0. The molecule has 1 heterocycles. The summed E-state index contributed by atoms with van der Waals surface area (Å²) in [5.41, 5.74) is 2.20. The van der Waals surface area contributed by atoms with Gasteiger partial charge in [0.1, 0.15) is 11.5 Å². The molecule has 0 saturated carbocycles. The third-order valence-corrected chi connectivity index (χ3v) is 3.01. The maximum Gasteiger partial charge on any atom is 0.125 e. The lowest BCUT2D eigenvalue weighted by Gasteiger charge is -2.02. The summed E-state index contributed by atoms with van der Waals surface area (Å²) in [5, 5.41) is 7.78. The van der Waals surface area contributed by atoms with E-state index in [1.807, 2.05) is 19.9 Å². The minimum Gasteiger partial charge on any atom is -0.220 e. The summed E-state index contributed by atoms with van der Waals surface area (Å²) in [6, 6.07) is 4.73. The van der Waals surface area contributed by atoms with Gasteiger partial charge in [0.05, 0.1) is 17.3 Å². The van der Waals surface area contributed by atoms with Gasteiger partial charge in [-0.05, 0) is 37.1 Å². The number of nitrogens with zero attached hydrogens (tertiary/aromatic N) is 3. The topological polar surface area (TPSA) is 30.7 Å². The fraction of sp³-hybridized carbons (Fsp3) is 0.333. The van der Waals surface area contributed by atoms with Gasteiger partial charge in [-0.3, -0.25) is 0 Å². The standard InChI is InChI=1S/C12H13ClFN3/c1-3-11(13)12-7-17(16-15-12)10-5-8(2)4-9(14)6-10/h4-7,11H,3H2,1-2H3. The first kappa shape index (κ1) is 12.0. The Morgan fingerprint density at radius 2 is 2.18 bits per heavy atom. The molecule has 0 fully saturated rings. The molecule has 1 unspecified atom stereocenters. The Hall–Kier alpha value is -1.42. The normalized spacial score (nSPS) is 12.7. The third kappa shape index (κ3) is 2.64. The zero-order valence-corrected chi connectivity index (χ0v) is 10.4. The predicted octanol–water partition coefficient (Wildman–Crippen LogP) is 3.40. The first-order valence-electron chi connectivity index (χ1n) is 5.44. The molecule has 3 nitrogen and oxygen atoms in total. The second kappa shape index (κ2) is 4.84. The maximum atomic E-state index is 13.3. The van der Waals surface area contributed by atoms with Crippen molar-refractivity contribution in [3.05, 3.63) is 41.5 Å². The number of alkyl halides is 1. The van der Waals surface area contributed by atoms with Crippen molar-refractivity contribution in [3.63, 3.8) is 0 Å². The van der Waals surface area contributed by atoms with E-state index >= 15 is 0 Å². The van der Waals surface area contributed by atoms with Crippen LogP contribution in [0.4, 0.5) is 4.39 Å². The molecule has 2 rings (SSSR count). The second-order valence-corrected chi connectivity index (χ2v) is 4.48. The predicted molar refractivity (Wildman–Crippen MR) is 64.9 cm³/mol. The lowest BCUT2D eigenvalue weighted by atomic mass is 10.2. The van der Waals surface area contributed by atoms with Crippen molar-refractivity contribution in [1.29, 1.82) is 0 Å². The van der Waals surface area contributed by atoms with Crippen molar-refractivity contribution in [2.45, 2.75) is 25.6 Å². The highest BCUT2D eigenvalue weighted by atomic mass is 35.5. The van der Waals surface area contributed by atoms with Gasteiger partial charge in [-0.1, -0.05) is 12.1 Å². The molecule has 17 heavy (non-hydrogen) atoms. The van der Waals surface area contributed by atoms with Gasteiger partial charge < -0.3 is 0 Å². The quantitative estimate of drug-likeness (QED) is 0.785. The minimum absolute atomic E-state index is 0.154. The monoisotopic (exact) mass is 253 g/mol. The highest BCUT2D eigenvalue weighted by Gasteiger charge is 2.11. The Bertz CT molecular complexity index is 504. The van der Waals surface area contributed by atoms with Gasteiger partial charge in [0.2, 0.25) is 0 Å². The van der Waals surface area contributed by atoms with Gasteiger partial charge in [-0.25, -0.2) is 9.07 Å². The van der Waals surface area contributed by atoms with Crippen LogP contribution in [0.3, 0.4) is 0 Å². The van der Waals surface area contributed by atoms with Crippen LogP contribution in [0.5, 0.6) is 0 Å². The first-order valence-corrected chi connectivity index (χ1v) is 5.87. The molecule has 0 radical (unpaired) electrons. The number of halogens is 2. The van der Waals surface area contributed by atoms with Crippen molar-refractivity contribution in [2.75, 3.05) is 0 Å². The lowest BCUT2D eigenvalue weighted by Crippen LogP contribution is -1.96. The Morgan fingerprint density at radius 3 is 2.82 bits per heavy atom. The summed E-state index contributed by atoms with van der Waals surface area (Å²) in [7, 11) is 0. The molecule has 1 aromatic heterocycles. The molecular formula is C12H13ClFN3. The van der Waals surface area contributed by atoms with Crippen molar-refractivity contribution in [3.8, 4) is 5.69 Å². The van der Waals surface area contributed by atoms with E-state index in [-0.39, 0.29) is 11.2 Å². The van der Waals surface area contributed by atoms with Crippen LogP contribution in [0.25, 0.3) is 5.69 Å². The SMILES string of the molecule is CCC(Cl)c1cn(-c2cc(C)cc(F)c2)nn1. The van der Waals surface area contributed by atoms with E-state index in [9.17, 15) is 4.39 Å². The fourth-order valence-corrected chi connectivity index (χ4v) is 1.70. The van der Waals surface area contributed by atoms with Crippen LogP contribution in [0.2, 0.25) is 0 Å². The number of aryl methyl sites for hydroxylation is 1. The average molecular weight is 254 g/mol. The molecule has 0 N–H and O–H groups in total. The van der Waals surface area contributed by atoms with Gasteiger partial charge in [-0.2, -0.15) is 0 Å². The van der Waals surface area contributed by atoms with E-state index < -0.39 is 0 Å². The van der Waals surface area contributed by atoms with Crippen LogP contribution in [-0.4, -0.2) is 15.0 Å². The molecule has 90 valence electrons. The average Bonchev–Trinajstić information content (AvgIpc) is 2.76. The molecule has 0 saturated heterocycles. The smallest absolute Gasteiger partial charge is 0.125 e. The van der Waals surface area contributed by atoms with E-state index in [1.165, 1.54) is 16.8 Å². The molecule has 0 spiro atoms. The Labute approximate surface area is 104 Å². The summed E-state index contributed by atoms with van der Waals surface area (Å²) in [5.74, 6) is -0.282. The molecule has 0 aliphatic rings. The van der Waals surface area contributed by atoms with Crippen molar-refractivity contribution in [2.24, 2.45) is 0 Å². The van der Waals surface area contributed by atoms with E-state index in [0.29, 0.717) is 11.4 Å². The molecule has 0 aliphatic heterocycles. The number of hydrogen-bond acceptors (Lipinski definition) is 2. The molecule has 2 aromatic rings. The van der Waals surface area contributed by atoms with E-state index in [4.69, 9.17) is 11.6 Å². The van der Waals surface area contributed by atoms with Crippen LogP contribution < -0.4 is 0 Å². The fourth-order valence-electron chi connectivity index (χ4n) is 1.60.